The molecule has 1 saturated heterocycles. The van der Waals surface area contributed by atoms with Crippen LogP contribution >= 0.6 is 11.6 Å². The van der Waals surface area contributed by atoms with Crippen molar-refractivity contribution in [3.63, 3.8) is 0 Å². The third kappa shape index (κ3) is 3.96. The molecule has 1 unspecified atom stereocenters. The fourth-order valence-corrected chi connectivity index (χ4v) is 4.03. The normalized spacial score (nSPS) is 17.2. The van der Waals surface area contributed by atoms with Crippen molar-refractivity contribution in [2.45, 2.75) is 19.5 Å². The van der Waals surface area contributed by atoms with E-state index in [0.29, 0.717) is 48.6 Å². The van der Waals surface area contributed by atoms with Crippen LogP contribution in [0.4, 0.5) is 14.6 Å². The van der Waals surface area contributed by atoms with Crippen molar-refractivity contribution in [2.24, 2.45) is 7.05 Å². The standard InChI is InChI=1S/C21H19ClF2N6O/c1-12-10-30(6-5-29(12)11-13-7-16(23)17(24)8-15(13)22)20-19-18(28(2)21(31)27-20)4-3-14(9-25)26-19/h3-4,7-8,12H,5-6,10-11H2,1-2H3. The third-order valence-electron chi connectivity index (χ3n) is 5.58. The molecule has 160 valence electrons. The molecule has 0 spiro atoms. The molecule has 0 bridgehead atoms. The molecule has 3 heterocycles. The average molecular weight is 445 g/mol. The molecule has 3 aromatic rings. The average Bonchev–Trinajstić information content (AvgIpc) is 2.75. The van der Waals surface area contributed by atoms with Gasteiger partial charge in [-0.15, -0.1) is 0 Å². The molecule has 1 aromatic carbocycles. The molecule has 1 fully saturated rings. The highest BCUT2D eigenvalue weighted by Gasteiger charge is 2.27. The van der Waals surface area contributed by atoms with Crippen molar-refractivity contribution in [1.29, 1.82) is 5.26 Å². The van der Waals surface area contributed by atoms with Gasteiger partial charge in [0.05, 0.1) is 5.52 Å². The van der Waals surface area contributed by atoms with Gasteiger partial charge in [0, 0.05) is 44.3 Å². The molecular formula is C21H19ClF2N6O. The van der Waals surface area contributed by atoms with E-state index in [2.05, 4.69) is 14.9 Å². The molecule has 4 rings (SSSR count). The number of hydrogen-bond acceptors (Lipinski definition) is 6. The Morgan fingerprint density at radius 3 is 2.68 bits per heavy atom. The van der Waals surface area contributed by atoms with Crippen molar-refractivity contribution in [3.05, 3.63) is 62.7 Å². The van der Waals surface area contributed by atoms with Gasteiger partial charge in [-0.3, -0.25) is 9.47 Å². The second kappa shape index (κ2) is 8.21. The zero-order valence-electron chi connectivity index (χ0n) is 16.9. The fourth-order valence-electron chi connectivity index (χ4n) is 3.82. The van der Waals surface area contributed by atoms with E-state index in [1.807, 2.05) is 17.9 Å². The lowest BCUT2D eigenvalue weighted by Crippen LogP contribution is -2.52. The van der Waals surface area contributed by atoms with Gasteiger partial charge in [-0.25, -0.2) is 18.6 Å². The first-order chi connectivity index (χ1) is 14.8. The Hall–Kier alpha value is -3.09. The number of rotatable bonds is 3. The lowest BCUT2D eigenvalue weighted by Gasteiger charge is -2.40. The Balaban J connectivity index is 1.62. The maximum absolute atomic E-state index is 13.6. The molecule has 0 amide bonds. The second-order valence-electron chi connectivity index (χ2n) is 7.58. The second-order valence-corrected chi connectivity index (χ2v) is 7.98. The minimum atomic E-state index is -0.973. The quantitative estimate of drug-likeness (QED) is 0.578. The lowest BCUT2D eigenvalue weighted by atomic mass is 10.1. The van der Waals surface area contributed by atoms with Gasteiger partial charge in [0.25, 0.3) is 0 Å². The minimum absolute atomic E-state index is 0.0120. The largest absolute Gasteiger partial charge is 0.352 e. The third-order valence-corrected chi connectivity index (χ3v) is 5.93. The van der Waals surface area contributed by atoms with E-state index in [0.717, 1.165) is 12.1 Å². The molecule has 0 saturated carbocycles. The summed E-state index contributed by atoms with van der Waals surface area (Å²) in [5, 5.41) is 9.40. The van der Waals surface area contributed by atoms with Crippen LogP contribution in [0.5, 0.6) is 0 Å². The van der Waals surface area contributed by atoms with Crippen LogP contribution in [0.1, 0.15) is 18.2 Å². The summed E-state index contributed by atoms with van der Waals surface area (Å²) < 4.78 is 28.4. The summed E-state index contributed by atoms with van der Waals surface area (Å²) in [5.74, 6) is -1.46. The van der Waals surface area contributed by atoms with E-state index in [-0.39, 0.29) is 16.8 Å². The van der Waals surface area contributed by atoms with E-state index in [4.69, 9.17) is 11.6 Å². The van der Waals surface area contributed by atoms with Crippen molar-refractivity contribution >= 4 is 28.5 Å². The first-order valence-corrected chi connectivity index (χ1v) is 10.1. The number of halogens is 3. The maximum atomic E-state index is 13.6. The smallest absolute Gasteiger partial charge is 0.349 e. The number of nitrogens with zero attached hydrogens (tertiary/aromatic N) is 6. The number of nitriles is 1. The number of hydrogen-bond donors (Lipinski definition) is 0. The van der Waals surface area contributed by atoms with Gasteiger partial charge in [-0.1, -0.05) is 11.6 Å². The number of piperazine rings is 1. The van der Waals surface area contributed by atoms with Gasteiger partial charge in [0.15, 0.2) is 17.5 Å². The van der Waals surface area contributed by atoms with Gasteiger partial charge < -0.3 is 4.90 Å². The summed E-state index contributed by atoms with van der Waals surface area (Å²) in [7, 11) is 1.61. The first-order valence-electron chi connectivity index (χ1n) is 9.68. The Morgan fingerprint density at radius 1 is 1.23 bits per heavy atom. The van der Waals surface area contributed by atoms with Gasteiger partial charge in [-0.2, -0.15) is 10.2 Å². The SMILES string of the molecule is CC1CN(c2nc(=O)n(C)c3ccc(C#N)nc23)CCN1Cc1cc(F)c(F)cc1Cl. The Bertz CT molecular complexity index is 1270. The topological polar surface area (TPSA) is 78.0 Å². The van der Waals surface area contributed by atoms with E-state index in [9.17, 15) is 18.8 Å². The maximum Gasteiger partial charge on any atom is 0.349 e. The molecule has 2 aromatic heterocycles. The predicted octanol–water partition coefficient (Wildman–Crippen LogP) is 2.84. The highest BCUT2D eigenvalue weighted by molar-refractivity contribution is 6.31. The zero-order chi connectivity index (χ0) is 22.3. The van der Waals surface area contributed by atoms with Crippen LogP contribution in [0.2, 0.25) is 5.02 Å². The summed E-state index contributed by atoms with van der Waals surface area (Å²) in [4.78, 5) is 25.0. The van der Waals surface area contributed by atoms with E-state index in [1.165, 1.54) is 4.57 Å². The van der Waals surface area contributed by atoms with Crippen LogP contribution in [0.25, 0.3) is 11.0 Å². The van der Waals surface area contributed by atoms with Crippen molar-refractivity contribution < 1.29 is 8.78 Å². The van der Waals surface area contributed by atoms with Crippen LogP contribution < -0.4 is 10.6 Å². The summed E-state index contributed by atoms with van der Waals surface area (Å²) in [6.07, 6.45) is 0. The van der Waals surface area contributed by atoms with E-state index < -0.39 is 17.3 Å². The molecule has 0 N–H and O–H groups in total. The number of aromatic nitrogens is 3. The van der Waals surface area contributed by atoms with Crippen molar-refractivity contribution in [1.82, 2.24) is 19.4 Å². The highest BCUT2D eigenvalue weighted by Crippen LogP contribution is 2.27. The molecule has 1 aliphatic rings. The van der Waals surface area contributed by atoms with Crippen LogP contribution in [-0.4, -0.2) is 45.1 Å². The molecule has 7 nitrogen and oxygen atoms in total. The van der Waals surface area contributed by atoms with Crippen LogP contribution in [-0.2, 0) is 13.6 Å². The van der Waals surface area contributed by atoms with E-state index >= 15 is 0 Å². The van der Waals surface area contributed by atoms with Crippen molar-refractivity contribution in [2.75, 3.05) is 24.5 Å². The van der Waals surface area contributed by atoms with Gasteiger partial charge in [0.2, 0.25) is 0 Å². The number of pyridine rings is 1. The zero-order valence-corrected chi connectivity index (χ0v) is 17.7. The van der Waals surface area contributed by atoms with Gasteiger partial charge >= 0.3 is 5.69 Å². The van der Waals surface area contributed by atoms with Gasteiger partial charge in [-0.05, 0) is 36.8 Å². The molecule has 31 heavy (non-hydrogen) atoms. The summed E-state index contributed by atoms with van der Waals surface area (Å²) in [6, 6.07) is 7.40. The van der Waals surface area contributed by atoms with E-state index in [1.54, 1.807) is 19.2 Å². The van der Waals surface area contributed by atoms with Gasteiger partial charge in [0.1, 0.15) is 17.3 Å². The highest BCUT2D eigenvalue weighted by atomic mass is 35.5. The van der Waals surface area contributed by atoms with Crippen LogP contribution in [0, 0.1) is 23.0 Å². The molecule has 1 atom stereocenters. The van der Waals surface area contributed by atoms with Crippen molar-refractivity contribution in [3.8, 4) is 6.07 Å². The summed E-state index contributed by atoms with van der Waals surface area (Å²) in [5.41, 5.74) is 1.44. The summed E-state index contributed by atoms with van der Waals surface area (Å²) >= 11 is 6.09. The monoisotopic (exact) mass is 444 g/mol. The molecule has 0 radical (unpaired) electrons. The lowest BCUT2D eigenvalue weighted by molar-refractivity contribution is 0.180. The number of benzene rings is 1. The van der Waals surface area contributed by atoms with Crippen LogP contribution in [0.15, 0.2) is 29.1 Å². The van der Waals surface area contributed by atoms with Crippen LogP contribution in [0.3, 0.4) is 0 Å². The Labute approximate surface area is 182 Å². The summed E-state index contributed by atoms with van der Waals surface area (Å²) in [6.45, 7) is 4.03. The molecular weight excluding hydrogens is 426 g/mol. The predicted molar refractivity (Wildman–Crippen MR) is 113 cm³/mol. The molecule has 0 aliphatic carbocycles. The molecule has 1 aliphatic heterocycles. The minimum Gasteiger partial charge on any atom is -0.352 e. The first kappa shape index (κ1) is 21.2. The Kier molecular flexibility index (Phi) is 5.60. The number of aryl methyl sites for hydroxylation is 1. The fraction of sp³-hybridized carbons (Fsp3) is 0.333. The molecule has 10 heteroatoms. The Morgan fingerprint density at radius 2 is 1.97 bits per heavy atom. The number of anilines is 1. The number of fused-ring (bicyclic) bond motifs is 1.